The molecule has 1 aliphatic heterocycles. The summed E-state index contributed by atoms with van der Waals surface area (Å²) in [5.41, 5.74) is 2.77. The van der Waals surface area contributed by atoms with Gasteiger partial charge in [-0.25, -0.2) is 0 Å². The number of Topliss-reactive ketones (excluding diaryl/α,β-unsaturated/α-hetero) is 1. The number of allylic oxidation sites excluding steroid dienone is 1. The maximum Gasteiger partial charge on any atom is 0.202 e. The Hall–Kier alpha value is -2.04. The van der Waals surface area contributed by atoms with E-state index in [0.717, 1.165) is 39.7 Å². The predicted octanol–water partition coefficient (Wildman–Crippen LogP) is 3.93. The van der Waals surface area contributed by atoms with Gasteiger partial charge in [-0.15, -0.1) is 0 Å². The van der Waals surface area contributed by atoms with Crippen LogP contribution < -0.4 is 10.6 Å². The standard InChI is InChI=1S/C20H22N2OS/c1-14(2)21-12-13-22-18(15-8-4-3-5-9-15)20-19(23)16-10-6-7-11-17(16)24-20/h3-11,14,21-22H,12-13H2,1-2H3/b20-18+. The maximum absolute atomic E-state index is 12.8. The molecule has 124 valence electrons. The molecular weight excluding hydrogens is 316 g/mol. The van der Waals surface area contributed by atoms with Gasteiger partial charge in [-0.2, -0.15) is 0 Å². The lowest BCUT2D eigenvalue weighted by Crippen LogP contribution is -2.31. The van der Waals surface area contributed by atoms with Crippen LogP contribution in [0.5, 0.6) is 0 Å². The van der Waals surface area contributed by atoms with Gasteiger partial charge in [-0.05, 0) is 17.7 Å². The van der Waals surface area contributed by atoms with Gasteiger partial charge in [-0.1, -0.05) is 68.1 Å². The third-order valence-electron chi connectivity index (χ3n) is 3.82. The number of nitrogens with one attached hydrogen (secondary N) is 2. The highest BCUT2D eigenvalue weighted by Crippen LogP contribution is 2.42. The van der Waals surface area contributed by atoms with E-state index < -0.39 is 0 Å². The van der Waals surface area contributed by atoms with Crippen LogP contribution in [0.4, 0.5) is 0 Å². The molecule has 0 fully saturated rings. The van der Waals surface area contributed by atoms with Gasteiger partial charge in [0, 0.05) is 29.6 Å². The van der Waals surface area contributed by atoms with E-state index in [1.807, 2.05) is 54.6 Å². The van der Waals surface area contributed by atoms with Crippen molar-refractivity contribution in [1.29, 1.82) is 0 Å². The summed E-state index contributed by atoms with van der Waals surface area (Å²) in [6.07, 6.45) is 0. The van der Waals surface area contributed by atoms with Crippen LogP contribution in [0.15, 0.2) is 64.4 Å². The maximum atomic E-state index is 12.8. The summed E-state index contributed by atoms with van der Waals surface area (Å²) in [5, 5.41) is 6.87. The van der Waals surface area contributed by atoms with E-state index in [0.29, 0.717) is 6.04 Å². The molecule has 0 spiro atoms. The third kappa shape index (κ3) is 3.71. The number of hydrogen-bond acceptors (Lipinski definition) is 4. The van der Waals surface area contributed by atoms with Crippen molar-refractivity contribution in [3.63, 3.8) is 0 Å². The van der Waals surface area contributed by atoms with Crippen molar-refractivity contribution in [2.24, 2.45) is 0 Å². The van der Waals surface area contributed by atoms with E-state index in [9.17, 15) is 4.79 Å². The quantitative estimate of drug-likeness (QED) is 0.618. The number of benzene rings is 2. The highest BCUT2D eigenvalue weighted by atomic mass is 32.2. The van der Waals surface area contributed by atoms with E-state index in [-0.39, 0.29) is 5.78 Å². The second-order valence-corrected chi connectivity index (χ2v) is 7.09. The third-order valence-corrected chi connectivity index (χ3v) is 4.99. The average molecular weight is 338 g/mol. The van der Waals surface area contributed by atoms with Gasteiger partial charge in [0.25, 0.3) is 0 Å². The van der Waals surface area contributed by atoms with Crippen molar-refractivity contribution in [2.75, 3.05) is 13.1 Å². The van der Waals surface area contributed by atoms with Gasteiger partial charge < -0.3 is 10.6 Å². The monoisotopic (exact) mass is 338 g/mol. The van der Waals surface area contributed by atoms with Gasteiger partial charge in [0.05, 0.1) is 10.6 Å². The first kappa shape index (κ1) is 16.8. The zero-order valence-electron chi connectivity index (χ0n) is 14.0. The molecule has 24 heavy (non-hydrogen) atoms. The second kappa shape index (κ2) is 7.69. The molecule has 0 bridgehead atoms. The second-order valence-electron chi connectivity index (χ2n) is 6.03. The van der Waals surface area contributed by atoms with E-state index >= 15 is 0 Å². The first-order valence-electron chi connectivity index (χ1n) is 8.25. The zero-order valence-corrected chi connectivity index (χ0v) is 14.8. The molecule has 3 rings (SSSR count). The van der Waals surface area contributed by atoms with Crippen LogP contribution in [0.25, 0.3) is 5.70 Å². The molecule has 0 aliphatic carbocycles. The number of fused-ring (bicyclic) bond motifs is 1. The minimum atomic E-state index is 0.110. The van der Waals surface area contributed by atoms with Gasteiger partial charge in [0.15, 0.2) is 0 Å². The molecule has 0 saturated carbocycles. The van der Waals surface area contributed by atoms with Crippen LogP contribution in [-0.4, -0.2) is 24.9 Å². The molecule has 0 unspecified atom stereocenters. The number of ketones is 1. The Morgan fingerprint density at radius 3 is 2.42 bits per heavy atom. The van der Waals surface area contributed by atoms with Crippen LogP contribution in [-0.2, 0) is 0 Å². The van der Waals surface area contributed by atoms with Crippen LogP contribution in [0.3, 0.4) is 0 Å². The van der Waals surface area contributed by atoms with E-state index in [1.165, 1.54) is 0 Å². The molecule has 0 radical (unpaired) electrons. The van der Waals surface area contributed by atoms with Crippen molar-refractivity contribution in [2.45, 2.75) is 24.8 Å². The Morgan fingerprint density at radius 2 is 1.71 bits per heavy atom. The summed E-state index contributed by atoms with van der Waals surface area (Å²) < 4.78 is 0. The number of carbonyl (C=O) groups is 1. The lowest BCUT2D eigenvalue weighted by Gasteiger charge is -2.15. The largest absolute Gasteiger partial charge is 0.382 e. The van der Waals surface area contributed by atoms with Crippen LogP contribution in [0.2, 0.25) is 0 Å². The van der Waals surface area contributed by atoms with Crippen molar-refractivity contribution < 1.29 is 4.79 Å². The SMILES string of the molecule is CC(C)NCCN/C(=C1/Sc2ccccc2C1=O)c1ccccc1. The van der Waals surface area contributed by atoms with E-state index in [1.54, 1.807) is 11.8 Å². The molecular formula is C20H22N2OS. The summed E-state index contributed by atoms with van der Waals surface area (Å²) in [4.78, 5) is 14.6. The normalized spacial score (nSPS) is 15.5. The Morgan fingerprint density at radius 1 is 1.00 bits per heavy atom. The molecule has 0 saturated heterocycles. The lowest BCUT2D eigenvalue weighted by molar-refractivity contribution is 0.104. The van der Waals surface area contributed by atoms with Gasteiger partial charge in [0.1, 0.15) is 0 Å². The predicted molar refractivity (Wildman–Crippen MR) is 101 cm³/mol. The fourth-order valence-electron chi connectivity index (χ4n) is 2.65. The van der Waals surface area contributed by atoms with E-state index in [4.69, 9.17) is 0 Å². The summed E-state index contributed by atoms with van der Waals surface area (Å²) in [5.74, 6) is 0.110. The van der Waals surface area contributed by atoms with Crippen molar-refractivity contribution in [1.82, 2.24) is 10.6 Å². The van der Waals surface area contributed by atoms with E-state index in [2.05, 4.69) is 24.5 Å². The Kier molecular flexibility index (Phi) is 5.38. The molecule has 2 N–H and O–H groups in total. The summed E-state index contributed by atoms with van der Waals surface area (Å²) in [6.45, 7) is 5.89. The first-order valence-corrected chi connectivity index (χ1v) is 9.07. The molecule has 1 heterocycles. The number of carbonyl (C=O) groups excluding carboxylic acids is 1. The fraction of sp³-hybridized carbons (Fsp3) is 0.250. The number of rotatable bonds is 6. The topological polar surface area (TPSA) is 41.1 Å². The number of thioether (sulfide) groups is 1. The van der Waals surface area contributed by atoms with Crippen LogP contribution in [0, 0.1) is 0 Å². The minimum absolute atomic E-state index is 0.110. The first-order chi connectivity index (χ1) is 11.7. The zero-order chi connectivity index (χ0) is 16.9. The summed E-state index contributed by atoms with van der Waals surface area (Å²) in [6, 6.07) is 18.3. The molecule has 1 aliphatic rings. The number of hydrogen-bond donors (Lipinski definition) is 2. The molecule has 2 aromatic rings. The van der Waals surface area contributed by atoms with Gasteiger partial charge in [-0.3, -0.25) is 4.79 Å². The average Bonchev–Trinajstić information content (AvgIpc) is 2.92. The minimum Gasteiger partial charge on any atom is -0.382 e. The van der Waals surface area contributed by atoms with Crippen molar-refractivity contribution >= 4 is 23.2 Å². The Bertz CT molecular complexity index is 753. The van der Waals surface area contributed by atoms with Crippen molar-refractivity contribution in [3.8, 4) is 0 Å². The molecule has 4 heteroatoms. The molecule has 0 amide bonds. The Labute approximate surface area is 147 Å². The smallest absolute Gasteiger partial charge is 0.202 e. The van der Waals surface area contributed by atoms with Crippen molar-refractivity contribution in [3.05, 3.63) is 70.6 Å². The van der Waals surface area contributed by atoms with Gasteiger partial charge in [0.2, 0.25) is 5.78 Å². The Balaban J connectivity index is 1.89. The van der Waals surface area contributed by atoms with Crippen LogP contribution in [0.1, 0.15) is 29.8 Å². The fourth-order valence-corrected chi connectivity index (χ4v) is 3.78. The highest BCUT2D eigenvalue weighted by molar-refractivity contribution is 8.05. The lowest BCUT2D eigenvalue weighted by atomic mass is 10.1. The molecule has 0 aromatic heterocycles. The molecule has 2 aromatic carbocycles. The summed E-state index contributed by atoms with van der Waals surface area (Å²) in [7, 11) is 0. The highest BCUT2D eigenvalue weighted by Gasteiger charge is 2.28. The van der Waals surface area contributed by atoms with Gasteiger partial charge >= 0.3 is 0 Å². The van der Waals surface area contributed by atoms with Crippen LogP contribution >= 0.6 is 11.8 Å². The molecule has 0 atom stereocenters. The summed E-state index contributed by atoms with van der Waals surface area (Å²) >= 11 is 1.56. The molecule has 3 nitrogen and oxygen atoms in total.